The van der Waals surface area contributed by atoms with Crippen molar-refractivity contribution in [3.05, 3.63) is 12.2 Å². The van der Waals surface area contributed by atoms with Crippen LogP contribution >= 0.6 is 11.8 Å². The van der Waals surface area contributed by atoms with E-state index in [2.05, 4.69) is 43.9 Å². The zero-order valence-electron chi connectivity index (χ0n) is 10.7. The molecule has 0 spiro atoms. The minimum Gasteiger partial charge on any atom is -0.313 e. The molecule has 0 amide bonds. The fraction of sp³-hybridized carbons (Fsp3) is 0.833. The van der Waals surface area contributed by atoms with Crippen LogP contribution in [-0.4, -0.2) is 49.6 Å². The molecule has 0 rings (SSSR count). The third kappa shape index (κ3) is 7.88. The Kier molecular flexibility index (Phi) is 9.26. The Labute approximate surface area is 99.5 Å². The molecule has 0 fully saturated rings. The first-order chi connectivity index (χ1) is 7.11. The van der Waals surface area contributed by atoms with Crippen LogP contribution in [0.1, 0.15) is 20.3 Å². The molecule has 15 heavy (non-hydrogen) atoms. The molecule has 0 aromatic carbocycles. The molecule has 0 radical (unpaired) electrons. The molecule has 0 aromatic rings. The fourth-order valence-electron chi connectivity index (χ4n) is 1.37. The summed E-state index contributed by atoms with van der Waals surface area (Å²) in [7, 11) is 2.17. The van der Waals surface area contributed by atoms with Crippen molar-refractivity contribution in [3.8, 4) is 0 Å². The molecular weight excluding hydrogens is 204 g/mol. The highest BCUT2D eigenvalue weighted by Crippen LogP contribution is 2.05. The number of nitrogens with zero attached hydrogens (tertiary/aromatic N) is 1. The van der Waals surface area contributed by atoms with Crippen LogP contribution < -0.4 is 5.32 Å². The summed E-state index contributed by atoms with van der Waals surface area (Å²) in [5.74, 6) is 1.19. The van der Waals surface area contributed by atoms with Gasteiger partial charge in [-0.25, -0.2) is 0 Å². The fourth-order valence-corrected chi connectivity index (χ4v) is 2.11. The van der Waals surface area contributed by atoms with Gasteiger partial charge < -0.3 is 5.32 Å². The van der Waals surface area contributed by atoms with Crippen LogP contribution in [0.15, 0.2) is 12.2 Å². The van der Waals surface area contributed by atoms with E-state index in [0.29, 0.717) is 6.04 Å². The normalized spacial score (nSPS) is 13.1. The Morgan fingerprint density at radius 3 is 2.73 bits per heavy atom. The van der Waals surface area contributed by atoms with Crippen molar-refractivity contribution >= 4 is 11.8 Å². The molecular formula is C12H26N2S. The predicted octanol–water partition coefficient (Wildman–Crippen LogP) is 2.23. The molecule has 3 heteroatoms. The van der Waals surface area contributed by atoms with Crippen molar-refractivity contribution in [2.45, 2.75) is 26.3 Å². The van der Waals surface area contributed by atoms with E-state index in [0.717, 1.165) is 19.6 Å². The van der Waals surface area contributed by atoms with Crippen LogP contribution in [0.25, 0.3) is 0 Å². The molecule has 1 N–H and O–H groups in total. The summed E-state index contributed by atoms with van der Waals surface area (Å²) in [5, 5.41) is 3.38. The standard InChI is InChI=1S/C12H26N2S/c1-6-7-13-8-11(2)9-14(4)12(3)10-15-5/h12-13H,2,6-10H2,1,3-5H3. The molecule has 0 aliphatic heterocycles. The van der Waals surface area contributed by atoms with E-state index in [9.17, 15) is 0 Å². The van der Waals surface area contributed by atoms with Crippen LogP contribution in [0.2, 0.25) is 0 Å². The smallest absolute Gasteiger partial charge is 0.0202 e. The minimum absolute atomic E-state index is 0.628. The summed E-state index contributed by atoms with van der Waals surface area (Å²) in [6.07, 6.45) is 3.34. The second-order valence-corrected chi connectivity index (χ2v) is 5.06. The van der Waals surface area contributed by atoms with Gasteiger partial charge >= 0.3 is 0 Å². The lowest BCUT2D eigenvalue weighted by Crippen LogP contribution is -2.34. The van der Waals surface area contributed by atoms with E-state index in [1.807, 2.05) is 11.8 Å². The topological polar surface area (TPSA) is 15.3 Å². The van der Waals surface area contributed by atoms with Crippen LogP contribution in [0.3, 0.4) is 0 Å². The first kappa shape index (κ1) is 15.0. The summed E-state index contributed by atoms with van der Waals surface area (Å²) in [4.78, 5) is 2.37. The van der Waals surface area contributed by atoms with Gasteiger partial charge in [-0.1, -0.05) is 13.5 Å². The maximum absolute atomic E-state index is 4.10. The highest BCUT2D eigenvalue weighted by atomic mass is 32.2. The molecule has 0 saturated heterocycles. The quantitative estimate of drug-likeness (QED) is 0.483. The molecule has 2 nitrogen and oxygen atoms in total. The molecule has 0 aliphatic carbocycles. The molecule has 0 aromatic heterocycles. The van der Waals surface area contributed by atoms with Gasteiger partial charge in [-0.2, -0.15) is 11.8 Å². The number of hydrogen-bond donors (Lipinski definition) is 1. The van der Waals surface area contributed by atoms with Crippen LogP contribution in [-0.2, 0) is 0 Å². The van der Waals surface area contributed by atoms with Crippen LogP contribution in [0.5, 0.6) is 0 Å². The van der Waals surface area contributed by atoms with Crippen molar-refractivity contribution in [3.63, 3.8) is 0 Å². The van der Waals surface area contributed by atoms with Crippen molar-refractivity contribution in [2.24, 2.45) is 0 Å². The van der Waals surface area contributed by atoms with Crippen LogP contribution in [0.4, 0.5) is 0 Å². The van der Waals surface area contributed by atoms with Crippen LogP contribution in [0, 0.1) is 0 Å². The number of likely N-dealkylation sites (N-methyl/N-ethyl adjacent to an activating group) is 1. The van der Waals surface area contributed by atoms with Gasteiger partial charge in [0.25, 0.3) is 0 Å². The highest BCUT2D eigenvalue weighted by Gasteiger charge is 2.08. The molecule has 0 bridgehead atoms. The summed E-state index contributed by atoms with van der Waals surface area (Å²) >= 11 is 1.90. The second kappa shape index (κ2) is 9.25. The van der Waals surface area contributed by atoms with Gasteiger partial charge in [0.05, 0.1) is 0 Å². The summed E-state index contributed by atoms with van der Waals surface area (Å²) in [6.45, 7) is 11.6. The Bertz CT molecular complexity index is 171. The van der Waals surface area contributed by atoms with Gasteiger partial charge in [-0.05, 0) is 38.8 Å². The average molecular weight is 230 g/mol. The zero-order valence-corrected chi connectivity index (χ0v) is 11.5. The van der Waals surface area contributed by atoms with E-state index in [-0.39, 0.29) is 0 Å². The van der Waals surface area contributed by atoms with E-state index < -0.39 is 0 Å². The van der Waals surface area contributed by atoms with E-state index >= 15 is 0 Å². The van der Waals surface area contributed by atoms with Crippen molar-refractivity contribution < 1.29 is 0 Å². The third-order valence-electron chi connectivity index (χ3n) is 2.44. The minimum atomic E-state index is 0.628. The predicted molar refractivity (Wildman–Crippen MR) is 72.8 cm³/mol. The van der Waals surface area contributed by atoms with E-state index in [1.165, 1.54) is 17.7 Å². The lowest BCUT2D eigenvalue weighted by molar-refractivity contribution is 0.299. The summed E-state index contributed by atoms with van der Waals surface area (Å²) in [5.41, 5.74) is 1.28. The number of hydrogen-bond acceptors (Lipinski definition) is 3. The zero-order chi connectivity index (χ0) is 11.7. The van der Waals surface area contributed by atoms with Gasteiger partial charge in [0.15, 0.2) is 0 Å². The Hall–Kier alpha value is 0.0100. The number of nitrogens with one attached hydrogen (secondary N) is 1. The van der Waals surface area contributed by atoms with Crippen molar-refractivity contribution in [1.29, 1.82) is 0 Å². The van der Waals surface area contributed by atoms with E-state index in [1.54, 1.807) is 0 Å². The molecule has 90 valence electrons. The lowest BCUT2D eigenvalue weighted by atomic mass is 10.2. The van der Waals surface area contributed by atoms with Gasteiger partial charge in [-0.3, -0.25) is 4.90 Å². The largest absolute Gasteiger partial charge is 0.313 e. The third-order valence-corrected chi connectivity index (χ3v) is 3.25. The van der Waals surface area contributed by atoms with E-state index in [4.69, 9.17) is 0 Å². The van der Waals surface area contributed by atoms with Crippen molar-refractivity contribution in [2.75, 3.05) is 38.7 Å². The molecule has 1 atom stereocenters. The second-order valence-electron chi connectivity index (χ2n) is 4.15. The SMILES string of the molecule is C=C(CNCCC)CN(C)C(C)CSC. The van der Waals surface area contributed by atoms with Gasteiger partial charge in [-0.15, -0.1) is 0 Å². The maximum Gasteiger partial charge on any atom is 0.0202 e. The van der Waals surface area contributed by atoms with Gasteiger partial charge in [0.1, 0.15) is 0 Å². The average Bonchev–Trinajstić information content (AvgIpc) is 2.18. The lowest BCUT2D eigenvalue weighted by Gasteiger charge is -2.25. The molecule has 0 heterocycles. The van der Waals surface area contributed by atoms with Crippen molar-refractivity contribution in [1.82, 2.24) is 10.2 Å². The molecule has 0 saturated carbocycles. The first-order valence-electron chi connectivity index (χ1n) is 5.68. The Morgan fingerprint density at radius 2 is 2.20 bits per heavy atom. The number of rotatable bonds is 9. The Balaban J connectivity index is 3.65. The Morgan fingerprint density at radius 1 is 1.53 bits per heavy atom. The molecule has 0 aliphatic rings. The number of thioether (sulfide) groups is 1. The molecule has 1 unspecified atom stereocenters. The highest BCUT2D eigenvalue weighted by molar-refractivity contribution is 7.98. The first-order valence-corrected chi connectivity index (χ1v) is 7.07. The van der Waals surface area contributed by atoms with Gasteiger partial charge in [0.2, 0.25) is 0 Å². The maximum atomic E-state index is 4.10. The summed E-state index contributed by atoms with van der Waals surface area (Å²) < 4.78 is 0. The monoisotopic (exact) mass is 230 g/mol. The van der Waals surface area contributed by atoms with Gasteiger partial charge in [0, 0.05) is 24.9 Å². The summed E-state index contributed by atoms with van der Waals surface area (Å²) in [6, 6.07) is 0.628.